The molecule has 0 N–H and O–H groups in total. The SMILES string of the molecule is CC/C=C\C/C=C\C/C=C\C/C=C\C/C=C\CCCCCC(=O)OC[C@@H](COC(=O)CCCCCCCCC/C=C\CCCCCCCCCC)OC(=O)CCCCCCCCC/C=C\CCCCCCCCCC. The van der Waals surface area contributed by atoms with Crippen LogP contribution in [0, 0.1) is 0 Å². The first-order valence-electron chi connectivity index (χ1n) is 32.1. The lowest BCUT2D eigenvalue weighted by Crippen LogP contribution is -2.30. The maximum absolute atomic E-state index is 12.9. The van der Waals surface area contributed by atoms with Crippen molar-refractivity contribution in [3.05, 3.63) is 85.1 Å². The van der Waals surface area contributed by atoms with Crippen LogP contribution in [0.5, 0.6) is 0 Å². The first-order valence-corrected chi connectivity index (χ1v) is 32.1. The molecule has 6 heteroatoms. The van der Waals surface area contributed by atoms with Crippen molar-refractivity contribution in [2.75, 3.05) is 13.2 Å². The highest BCUT2D eigenvalue weighted by molar-refractivity contribution is 5.71. The van der Waals surface area contributed by atoms with Crippen LogP contribution >= 0.6 is 0 Å². The van der Waals surface area contributed by atoms with Gasteiger partial charge in [-0.25, -0.2) is 0 Å². The molecule has 0 aliphatic heterocycles. The van der Waals surface area contributed by atoms with Crippen LogP contribution in [0.2, 0.25) is 0 Å². The number of carbonyl (C=O) groups excluding carboxylic acids is 3. The number of rotatable bonds is 58. The van der Waals surface area contributed by atoms with Gasteiger partial charge in [-0.15, -0.1) is 0 Å². The average Bonchev–Trinajstić information content (AvgIpc) is 3.41. The zero-order valence-electron chi connectivity index (χ0n) is 49.6. The van der Waals surface area contributed by atoms with Crippen LogP contribution in [0.4, 0.5) is 0 Å². The Morgan fingerprint density at radius 2 is 0.520 bits per heavy atom. The van der Waals surface area contributed by atoms with Gasteiger partial charge in [-0.2, -0.15) is 0 Å². The van der Waals surface area contributed by atoms with Crippen LogP contribution < -0.4 is 0 Å². The van der Waals surface area contributed by atoms with E-state index in [0.717, 1.165) is 96.3 Å². The highest BCUT2D eigenvalue weighted by Crippen LogP contribution is 2.16. The molecule has 0 saturated carbocycles. The summed E-state index contributed by atoms with van der Waals surface area (Å²) in [5.74, 6) is -0.920. The summed E-state index contributed by atoms with van der Waals surface area (Å²) >= 11 is 0. The molecule has 0 amide bonds. The van der Waals surface area contributed by atoms with E-state index in [1.165, 1.54) is 180 Å². The zero-order valence-corrected chi connectivity index (χ0v) is 49.6. The fraction of sp³-hybridized carbons (Fsp3) is 0.754. The molecule has 0 unspecified atom stereocenters. The van der Waals surface area contributed by atoms with Gasteiger partial charge >= 0.3 is 17.9 Å². The molecule has 0 saturated heterocycles. The van der Waals surface area contributed by atoms with Crippen LogP contribution in [0.25, 0.3) is 0 Å². The number of hydrogen-bond acceptors (Lipinski definition) is 6. The number of hydrogen-bond donors (Lipinski definition) is 0. The minimum Gasteiger partial charge on any atom is -0.462 e. The zero-order chi connectivity index (χ0) is 54.3. The van der Waals surface area contributed by atoms with Gasteiger partial charge in [0, 0.05) is 19.3 Å². The van der Waals surface area contributed by atoms with Crippen molar-refractivity contribution in [3.8, 4) is 0 Å². The van der Waals surface area contributed by atoms with Gasteiger partial charge in [0.05, 0.1) is 0 Å². The van der Waals surface area contributed by atoms with Gasteiger partial charge in [-0.05, 0) is 116 Å². The number of allylic oxidation sites excluding steroid dienone is 14. The standard InChI is InChI=1S/C69H120O6/c1-4-7-10-13-16-19-22-25-28-31-34-37-40-43-46-49-52-55-58-61-67(70)73-64-66(75-69(72)63-60-57-54-51-48-45-42-39-36-33-30-27-24-21-18-15-12-9-6-3)65-74-68(71)62-59-56-53-50-47-44-41-38-35-32-29-26-23-20-17-14-11-8-5-2/h7,10,16,19,25,28,32-37,43,46,66H,4-6,8-9,11-15,17-18,20-24,26-27,29-31,38-42,44-45,47-65H2,1-3H3/b10-7-,19-16-,28-25-,35-32-,36-33-,37-34-,46-43-/t66-/m0/s1. The summed E-state index contributed by atoms with van der Waals surface area (Å²) < 4.78 is 16.9. The molecule has 1 atom stereocenters. The largest absolute Gasteiger partial charge is 0.462 e. The second-order valence-corrected chi connectivity index (χ2v) is 21.3. The molecule has 0 aromatic carbocycles. The van der Waals surface area contributed by atoms with Gasteiger partial charge in [0.25, 0.3) is 0 Å². The van der Waals surface area contributed by atoms with Gasteiger partial charge in [0.15, 0.2) is 6.10 Å². The van der Waals surface area contributed by atoms with E-state index in [1.54, 1.807) is 0 Å². The Morgan fingerprint density at radius 1 is 0.280 bits per heavy atom. The van der Waals surface area contributed by atoms with Crippen molar-refractivity contribution < 1.29 is 28.6 Å². The Morgan fingerprint density at radius 3 is 0.840 bits per heavy atom. The van der Waals surface area contributed by atoms with Crippen molar-refractivity contribution in [1.82, 2.24) is 0 Å². The molecule has 0 heterocycles. The Labute approximate surface area is 465 Å². The Kier molecular flexibility index (Phi) is 60.3. The van der Waals surface area contributed by atoms with Crippen molar-refractivity contribution in [2.24, 2.45) is 0 Å². The smallest absolute Gasteiger partial charge is 0.306 e. The van der Waals surface area contributed by atoms with Crippen molar-refractivity contribution in [1.29, 1.82) is 0 Å². The lowest BCUT2D eigenvalue weighted by atomic mass is 10.1. The van der Waals surface area contributed by atoms with Crippen LogP contribution in [0.3, 0.4) is 0 Å². The van der Waals surface area contributed by atoms with E-state index in [0.29, 0.717) is 19.3 Å². The molecule has 0 aliphatic rings. The minimum atomic E-state index is -0.796. The molecule has 6 nitrogen and oxygen atoms in total. The molecule has 0 aliphatic carbocycles. The Hall–Kier alpha value is -3.41. The van der Waals surface area contributed by atoms with Gasteiger partial charge in [0.1, 0.15) is 13.2 Å². The van der Waals surface area contributed by atoms with E-state index in [4.69, 9.17) is 14.2 Å². The summed E-state index contributed by atoms with van der Waals surface area (Å²) in [7, 11) is 0. The Bertz CT molecular complexity index is 1430. The number of carbonyl (C=O) groups is 3. The molecular formula is C69H120O6. The molecule has 432 valence electrons. The van der Waals surface area contributed by atoms with E-state index in [1.807, 2.05) is 0 Å². The lowest BCUT2D eigenvalue weighted by Gasteiger charge is -2.18. The lowest BCUT2D eigenvalue weighted by molar-refractivity contribution is -0.167. The third-order valence-electron chi connectivity index (χ3n) is 13.9. The predicted octanol–water partition coefficient (Wildman–Crippen LogP) is 21.9. The van der Waals surface area contributed by atoms with Crippen LogP contribution in [0.1, 0.15) is 316 Å². The summed E-state index contributed by atoms with van der Waals surface area (Å²) in [6.45, 7) is 6.53. The monoisotopic (exact) mass is 1040 g/mol. The number of ether oxygens (including phenoxy) is 3. The fourth-order valence-electron chi connectivity index (χ4n) is 9.05. The van der Waals surface area contributed by atoms with Gasteiger partial charge in [-0.3, -0.25) is 14.4 Å². The number of unbranched alkanes of at least 4 members (excludes halogenated alkanes) is 33. The molecule has 0 aromatic heterocycles. The molecule has 0 radical (unpaired) electrons. The van der Waals surface area contributed by atoms with Crippen LogP contribution in [-0.4, -0.2) is 37.2 Å². The summed E-state index contributed by atoms with van der Waals surface area (Å²) in [5.41, 5.74) is 0. The minimum absolute atomic E-state index is 0.0902. The first-order chi connectivity index (χ1) is 37.0. The van der Waals surface area contributed by atoms with E-state index < -0.39 is 6.10 Å². The van der Waals surface area contributed by atoms with Crippen molar-refractivity contribution in [3.63, 3.8) is 0 Å². The highest BCUT2D eigenvalue weighted by Gasteiger charge is 2.19. The third kappa shape index (κ3) is 61.3. The fourth-order valence-corrected chi connectivity index (χ4v) is 9.05. The maximum Gasteiger partial charge on any atom is 0.306 e. The molecule has 0 rings (SSSR count). The summed E-state index contributed by atoms with van der Waals surface area (Å²) in [5, 5.41) is 0. The quantitative estimate of drug-likeness (QED) is 0.0261. The molecule has 0 fully saturated rings. The molecule has 75 heavy (non-hydrogen) atoms. The maximum atomic E-state index is 12.9. The molecule has 0 aromatic rings. The van der Waals surface area contributed by atoms with E-state index in [9.17, 15) is 14.4 Å². The van der Waals surface area contributed by atoms with E-state index >= 15 is 0 Å². The van der Waals surface area contributed by atoms with Crippen molar-refractivity contribution >= 4 is 17.9 Å². The molecule has 0 spiro atoms. The van der Waals surface area contributed by atoms with Gasteiger partial charge in [0.2, 0.25) is 0 Å². The highest BCUT2D eigenvalue weighted by atomic mass is 16.6. The van der Waals surface area contributed by atoms with Crippen molar-refractivity contribution in [2.45, 2.75) is 322 Å². The van der Waals surface area contributed by atoms with E-state index in [2.05, 4.69) is 106 Å². The predicted molar refractivity (Wildman–Crippen MR) is 325 cm³/mol. The summed E-state index contributed by atoms with van der Waals surface area (Å²) in [6, 6.07) is 0. The topological polar surface area (TPSA) is 78.9 Å². The first kappa shape index (κ1) is 71.6. The normalized spacial score (nSPS) is 12.6. The summed E-state index contributed by atoms with van der Waals surface area (Å²) in [6.07, 6.45) is 83.0. The second kappa shape index (κ2) is 63.1. The molecular weight excluding hydrogens is 925 g/mol. The van der Waals surface area contributed by atoms with Gasteiger partial charge < -0.3 is 14.2 Å². The molecule has 0 bridgehead atoms. The average molecular weight is 1050 g/mol. The second-order valence-electron chi connectivity index (χ2n) is 21.3. The van der Waals surface area contributed by atoms with Crippen LogP contribution in [0.15, 0.2) is 85.1 Å². The number of esters is 3. The summed E-state index contributed by atoms with van der Waals surface area (Å²) in [4.78, 5) is 38.3. The van der Waals surface area contributed by atoms with Crippen LogP contribution in [-0.2, 0) is 28.6 Å². The third-order valence-corrected chi connectivity index (χ3v) is 13.9. The van der Waals surface area contributed by atoms with Gasteiger partial charge in [-0.1, -0.05) is 266 Å². The Balaban J connectivity index is 4.44. The van der Waals surface area contributed by atoms with E-state index in [-0.39, 0.29) is 31.1 Å².